The minimum Gasteiger partial charge on any atom is -0.508 e. The van der Waals surface area contributed by atoms with E-state index in [1.165, 1.54) is 5.57 Å². The first-order valence-corrected chi connectivity index (χ1v) is 19.6. The second-order valence-electron chi connectivity index (χ2n) is 19.0. The van der Waals surface area contributed by atoms with E-state index in [0.29, 0.717) is 32.4 Å². The van der Waals surface area contributed by atoms with Crippen LogP contribution in [0.15, 0.2) is 41.5 Å². The SMILES string of the molecule is CNCc1cc(O)cc(C2C(=O)C3(C)CC=CC2C2(C)C3C(NCC(C)O)CC3(C)C2CCC2=C(C(C)CC(O)C4OC4(C)C)C(=O)CC23C)c1. The molecule has 0 radical (unpaired) electrons. The monoisotopic (exact) mass is 702 g/mol. The van der Waals surface area contributed by atoms with E-state index in [0.717, 1.165) is 36.0 Å². The normalized spacial score (nSPS) is 42.6. The Bertz CT molecular complexity index is 1660. The summed E-state index contributed by atoms with van der Waals surface area (Å²) in [6, 6.07) is 5.64. The van der Waals surface area contributed by atoms with Crippen LogP contribution in [-0.2, 0) is 20.9 Å². The number of benzene rings is 1. The number of aromatic hydroxyl groups is 1. The van der Waals surface area contributed by atoms with Crippen LogP contribution < -0.4 is 10.6 Å². The van der Waals surface area contributed by atoms with Crippen molar-refractivity contribution in [3.8, 4) is 5.75 Å². The predicted molar refractivity (Wildman–Crippen MR) is 198 cm³/mol. The van der Waals surface area contributed by atoms with E-state index < -0.39 is 23.5 Å². The van der Waals surface area contributed by atoms with Crippen molar-refractivity contribution in [2.24, 2.45) is 45.3 Å². The number of allylic oxidation sites excluding steroid dienone is 4. The number of nitrogens with one attached hydrogen (secondary N) is 2. The fourth-order valence-electron chi connectivity index (χ4n) is 13.2. The molecule has 1 saturated heterocycles. The van der Waals surface area contributed by atoms with Crippen molar-refractivity contribution in [3.63, 3.8) is 0 Å². The molecule has 0 amide bonds. The Morgan fingerprint density at radius 1 is 1.04 bits per heavy atom. The molecule has 13 atom stereocenters. The van der Waals surface area contributed by atoms with E-state index in [2.05, 4.69) is 63.5 Å². The molecule has 1 aliphatic heterocycles. The highest BCUT2D eigenvalue weighted by atomic mass is 16.6. The second-order valence-corrected chi connectivity index (χ2v) is 19.0. The first-order chi connectivity index (χ1) is 23.8. The molecule has 8 nitrogen and oxygen atoms in total. The molecule has 8 heteroatoms. The summed E-state index contributed by atoms with van der Waals surface area (Å²) in [5.74, 6) is 0.292. The molecule has 6 aliphatic carbocycles. The second kappa shape index (κ2) is 12.3. The summed E-state index contributed by atoms with van der Waals surface area (Å²) in [7, 11) is 1.89. The zero-order valence-corrected chi connectivity index (χ0v) is 32.3. The lowest BCUT2D eigenvalue weighted by atomic mass is 9.32. The number of epoxide rings is 1. The van der Waals surface area contributed by atoms with Crippen LogP contribution in [0.2, 0.25) is 0 Å². The zero-order valence-electron chi connectivity index (χ0n) is 32.3. The first kappa shape index (κ1) is 37.0. The third kappa shape index (κ3) is 5.39. The quantitative estimate of drug-likeness (QED) is 0.149. The summed E-state index contributed by atoms with van der Waals surface area (Å²) in [5.41, 5.74) is 2.06. The number of ether oxygens (including phenoxy) is 1. The van der Waals surface area contributed by atoms with Crippen molar-refractivity contribution in [2.75, 3.05) is 13.6 Å². The first-order valence-electron chi connectivity index (χ1n) is 19.6. The number of carbonyl (C=O) groups excluding carboxylic acids is 2. The number of Topliss-reactive ketones (excluding diaryl/α,β-unsaturated/α-hetero) is 2. The van der Waals surface area contributed by atoms with Crippen molar-refractivity contribution >= 4 is 11.6 Å². The Kier molecular flexibility index (Phi) is 8.95. The van der Waals surface area contributed by atoms with Crippen molar-refractivity contribution < 1.29 is 29.6 Å². The molecular weight excluding hydrogens is 640 g/mol. The highest BCUT2D eigenvalue weighted by Crippen LogP contribution is 2.77. The van der Waals surface area contributed by atoms with E-state index in [9.17, 15) is 20.1 Å². The minimum absolute atomic E-state index is 0.0151. The van der Waals surface area contributed by atoms with E-state index in [1.54, 1.807) is 12.1 Å². The summed E-state index contributed by atoms with van der Waals surface area (Å²) >= 11 is 0. The largest absolute Gasteiger partial charge is 0.508 e. The Morgan fingerprint density at radius 3 is 2.39 bits per heavy atom. The van der Waals surface area contributed by atoms with Crippen LogP contribution in [-0.4, -0.2) is 70.4 Å². The van der Waals surface area contributed by atoms with Crippen LogP contribution in [0, 0.1) is 45.3 Å². The molecule has 4 fully saturated rings. The number of aliphatic hydroxyl groups is 2. The lowest BCUT2D eigenvalue weighted by molar-refractivity contribution is -0.206. The maximum absolute atomic E-state index is 15.1. The van der Waals surface area contributed by atoms with Gasteiger partial charge in [-0.25, -0.2) is 0 Å². The van der Waals surface area contributed by atoms with Gasteiger partial charge in [0.25, 0.3) is 0 Å². The van der Waals surface area contributed by atoms with E-state index in [4.69, 9.17) is 4.74 Å². The fraction of sp³-hybridized carbons (Fsp3) is 0.721. The van der Waals surface area contributed by atoms with Gasteiger partial charge in [0.15, 0.2) is 5.78 Å². The van der Waals surface area contributed by atoms with Crippen molar-refractivity contribution in [1.82, 2.24) is 10.6 Å². The summed E-state index contributed by atoms with van der Waals surface area (Å²) in [6.07, 6.45) is 7.41. The van der Waals surface area contributed by atoms with Gasteiger partial charge in [-0.15, -0.1) is 0 Å². The van der Waals surface area contributed by atoms with E-state index in [1.807, 2.05) is 27.8 Å². The molecule has 13 unspecified atom stereocenters. The van der Waals surface area contributed by atoms with Gasteiger partial charge in [0, 0.05) is 36.4 Å². The number of hydrogen-bond acceptors (Lipinski definition) is 8. The number of carbonyl (C=O) groups is 2. The van der Waals surface area contributed by atoms with Gasteiger partial charge in [0.05, 0.1) is 23.7 Å². The van der Waals surface area contributed by atoms with Crippen LogP contribution in [0.5, 0.6) is 5.75 Å². The molecule has 8 rings (SSSR count). The molecule has 0 spiro atoms. The predicted octanol–water partition coefficient (Wildman–Crippen LogP) is 5.98. The Morgan fingerprint density at radius 2 is 1.75 bits per heavy atom. The summed E-state index contributed by atoms with van der Waals surface area (Å²) in [6.45, 7) is 18.3. The van der Waals surface area contributed by atoms with Crippen LogP contribution in [0.3, 0.4) is 0 Å². The Hall–Kier alpha value is -2.36. The third-order valence-corrected chi connectivity index (χ3v) is 15.4. The average molecular weight is 703 g/mol. The van der Waals surface area contributed by atoms with Gasteiger partial charge in [-0.2, -0.15) is 0 Å². The summed E-state index contributed by atoms with van der Waals surface area (Å²) < 4.78 is 5.78. The van der Waals surface area contributed by atoms with Gasteiger partial charge in [-0.1, -0.05) is 58.4 Å². The molecule has 1 heterocycles. The number of hydrogen-bond donors (Lipinski definition) is 5. The minimum atomic E-state index is -0.660. The molecule has 7 aliphatic rings. The number of fused-ring (bicyclic) bond motifs is 5. The molecule has 3 saturated carbocycles. The van der Waals surface area contributed by atoms with Gasteiger partial charge in [-0.3, -0.25) is 9.59 Å². The number of rotatable bonds is 10. The molecule has 1 aromatic carbocycles. The number of phenolic OH excluding ortho intramolecular Hbond substituents is 1. The lowest BCUT2D eigenvalue weighted by Crippen LogP contribution is -2.72. The van der Waals surface area contributed by atoms with Crippen LogP contribution in [0.4, 0.5) is 0 Å². The number of ketones is 2. The molecular formula is C43H62N2O6. The highest BCUT2D eigenvalue weighted by Gasteiger charge is 2.74. The van der Waals surface area contributed by atoms with Gasteiger partial charge < -0.3 is 30.7 Å². The summed E-state index contributed by atoms with van der Waals surface area (Å²) in [4.78, 5) is 29.4. The maximum atomic E-state index is 15.1. The van der Waals surface area contributed by atoms with Crippen molar-refractivity contribution in [3.05, 3.63) is 52.6 Å². The lowest BCUT2D eigenvalue weighted by Gasteiger charge is -2.72. The van der Waals surface area contributed by atoms with Gasteiger partial charge >= 0.3 is 0 Å². The molecule has 1 aromatic rings. The third-order valence-electron chi connectivity index (χ3n) is 15.4. The van der Waals surface area contributed by atoms with Crippen molar-refractivity contribution in [2.45, 2.75) is 136 Å². The fourth-order valence-corrected chi connectivity index (χ4v) is 13.2. The Labute approximate surface area is 304 Å². The number of phenols is 1. The number of aliphatic hydroxyl groups excluding tert-OH is 2. The van der Waals surface area contributed by atoms with E-state index in [-0.39, 0.29) is 75.0 Å². The smallest absolute Gasteiger partial charge is 0.159 e. The van der Waals surface area contributed by atoms with Crippen LogP contribution in [0.1, 0.15) is 111 Å². The summed E-state index contributed by atoms with van der Waals surface area (Å²) in [5, 5.41) is 39.6. The zero-order chi connectivity index (χ0) is 37.1. The molecule has 280 valence electrons. The van der Waals surface area contributed by atoms with E-state index >= 15 is 4.79 Å². The molecule has 51 heavy (non-hydrogen) atoms. The van der Waals surface area contributed by atoms with Crippen molar-refractivity contribution in [1.29, 1.82) is 0 Å². The van der Waals surface area contributed by atoms with Crippen LogP contribution in [0.25, 0.3) is 0 Å². The molecule has 0 aromatic heterocycles. The topological polar surface area (TPSA) is 131 Å². The molecule has 5 N–H and O–H groups in total. The average Bonchev–Trinajstić information content (AvgIpc) is 3.64. The standard InChI is InChI=1S/C43H62N2O6/c1-23(15-31(48)38-39(3,4)51-38)34-28-12-13-33-42(7,41(28,6)20-32(34)49)19-30(45-21-24(2)46)36-40(5)14-10-11-29(43(33,36)8)35(37(40)50)26-16-25(22-44-9)17-27(47)18-26/h10-11,16-18,23-24,29-31,33,35-36,38,44-48H,12-15,19-22H2,1-9H3. The Balaban J connectivity index is 1.35. The van der Waals surface area contributed by atoms with Gasteiger partial charge in [-0.05, 0) is 123 Å². The van der Waals surface area contributed by atoms with Crippen LogP contribution >= 0.6 is 0 Å². The van der Waals surface area contributed by atoms with Gasteiger partial charge in [0.2, 0.25) is 0 Å². The highest BCUT2D eigenvalue weighted by molar-refractivity contribution is 6.00. The maximum Gasteiger partial charge on any atom is 0.159 e. The molecule has 2 bridgehead atoms. The van der Waals surface area contributed by atoms with Gasteiger partial charge in [0.1, 0.15) is 17.6 Å².